The molecule has 0 saturated heterocycles. The predicted molar refractivity (Wildman–Crippen MR) is 74.8 cm³/mol. The Balaban J connectivity index is 1.79. The van der Waals surface area contributed by atoms with Crippen molar-refractivity contribution in [1.82, 2.24) is 10.1 Å². The Labute approximate surface area is 118 Å². The Hall–Kier alpha value is -1.68. The number of nitrogens with zero attached hydrogens (tertiary/aromatic N) is 2. The van der Waals surface area contributed by atoms with Crippen molar-refractivity contribution in [2.75, 3.05) is 6.54 Å². The van der Waals surface area contributed by atoms with E-state index in [2.05, 4.69) is 23.9 Å². The first kappa shape index (κ1) is 13.3. The number of rotatable bonds is 3. The number of fused-ring (bicyclic) bond motifs is 1. The van der Waals surface area contributed by atoms with Gasteiger partial charge < -0.3 is 4.52 Å². The number of aryl methyl sites for hydroxylation is 1. The summed E-state index contributed by atoms with van der Waals surface area (Å²) in [7, 11) is 0. The van der Waals surface area contributed by atoms with E-state index in [-0.39, 0.29) is 11.9 Å². The van der Waals surface area contributed by atoms with Gasteiger partial charge in [-0.3, -0.25) is 4.90 Å². The molecule has 106 valence electrons. The zero-order valence-electron chi connectivity index (χ0n) is 11.9. The van der Waals surface area contributed by atoms with Crippen LogP contribution in [0.1, 0.15) is 42.5 Å². The molecule has 0 bridgehead atoms. The maximum absolute atomic E-state index is 13.4. The molecule has 2 aromatic rings. The third kappa shape index (κ3) is 2.48. The van der Waals surface area contributed by atoms with Crippen molar-refractivity contribution < 1.29 is 8.91 Å². The van der Waals surface area contributed by atoms with Crippen LogP contribution in [0.3, 0.4) is 0 Å². The molecule has 0 N–H and O–H groups in total. The van der Waals surface area contributed by atoms with Crippen LogP contribution in [0.15, 0.2) is 28.8 Å². The Morgan fingerprint density at radius 1 is 1.40 bits per heavy atom. The SMILES string of the molecule is CCc1cc(CN2CCc3ccc(F)cc3[C@H]2C)on1. The molecule has 0 spiro atoms. The van der Waals surface area contributed by atoms with Gasteiger partial charge in [-0.2, -0.15) is 0 Å². The summed E-state index contributed by atoms with van der Waals surface area (Å²) in [5.74, 6) is 0.721. The molecule has 0 amide bonds. The number of hydrogen-bond acceptors (Lipinski definition) is 3. The molecule has 2 heterocycles. The van der Waals surface area contributed by atoms with Crippen LogP contribution in [-0.2, 0) is 19.4 Å². The molecular formula is C16H19FN2O. The van der Waals surface area contributed by atoms with Crippen molar-refractivity contribution in [3.63, 3.8) is 0 Å². The molecule has 1 aromatic heterocycles. The van der Waals surface area contributed by atoms with Crippen LogP contribution in [0.2, 0.25) is 0 Å². The molecule has 0 saturated carbocycles. The smallest absolute Gasteiger partial charge is 0.150 e. The van der Waals surface area contributed by atoms with E-state index >= 15 is 0 Å². The molecule has 3 nitrogen and oxygen atoms in total. The molecule has 0 radical (unpaired) electrons. The van der Waals surface area contributed by atoms with E-state index in [1.165, 1.54) is 5.56 Å². The van der Waals surface area contributed by atoms with Crippen molar-refractivity contribution in [2.45, 2.75) is 39.3 Å². The molecule has 1 aliphatic heterocycles. The normalized spacial score (nSPS) is 19.1. The van der Waals surface area contributed by atoms with Crippen molar-refractivity contribution in [1.29, 1.82) is 0 Å². The Kier molecular flexibility index (Phi) is 3.57. The quantitative estimate of drug-likeness (QED) is 0.858. The van der Waals surface area contributed by atoms with Gasteiger partial charge in [0, 0.05) is 18.7 Å². The van der Waals surface area contributed by atoms with Crippen LogP contribution in [-0.4, -0.2) is 16.6 Å². The van der Waals surface area contributed by atoms with Crippen LogP contribution < -0.4 is 0 Å². The number of hydrogen-bond donors (Lipinski definition) is 0. The molecule has 3 rings (SSSR count). The first-order valence-corrected chi connectivity index (χ1v) is 7.14. The Morgan fingerprint density at radius 3 is 3.00 bits per heavy atom. The van der Waals surface area contributed by atoms with E-state index in [0.717, 1.165) is 42.9 Å². The highest BCUT2D eigenvalue weighted by molar-refractivity contribution is 5.32. The van der Waals surface area contributed by atoms with Crippen molar-refractivity contribution >= 4 is 0 Å². The molecular weight excluding hydrogens is 255 g/mol. The second kappa shape index (κ2) is 5.37. The summed E-state index contributed by atoms with van der Waals surface area (Å²) in [5, 5.41) is 4.02. The fourth-order valence-electron chi connectivity index (χ4n) is 2.85. The molecule has 4 heteroatoms. The molecule has 1 aliphatic rings. The van der Waals surface area contributed by atoms with Gasteiger partial charge in [-0.1, -0.05) is 18.1 Å². The minimum Gasteiger partial charge on any atom is -0.360 e. The van der Waals surface area contributed by atoms with Crippen LogP contribution in [0, 0.1) is 5.82 Å². The largest absolute Gasteiger partial charge is 0.360 e. The fraction of sp³-hybridized carbons (Fsp3) is 0.438. The number of aromatic nitrogens is 1. The highest BCUT2D eigenvalue weighted by Gasteiger charge is 2.25. The monoisotopic (exact) mass is 274 g/mol. The average molecular weight is 274 g/mol. The minimum atomic E-state index is -0.162. The third-order valence-corrected chi connectivity index (χ3v) is 4.10. The van der Waals surface area contributed by atoms with E-state index in [9.17, 15) is 4.39 Å². The van der Waals surface area contributed by atoms with Gasteiger partial charge in [0.2, 0.25) is 0 Å². The van der Waals surface area contributed by atoms with Crippen molar-refractivity contribution in [3.05, 3.63) is 52.7 Å². The van der Waals surface area contributed by atoms with E-state index < -0.39 is 0 Å². The van der Waals surface area contributed by atoms with E-state index in [4.69, 9.17) is 4.52 Å². The molecule has 1 aromatic carbocycles. The minimum absolute atomic E-state index is 0.162. The summed E-state index contributed by atoms with van der Waals surface area (Å²) < 4.78 is 18.8. The van der Waals surface area contributed by atoms with Crippen molar-refractivity contribution in [3.8, 4) is 0 Å². The van der Waals surface area contributed by atoms with Crippen LogP contribution in [0.4, 0.5) is 4.39 Å². The summed E-state index contributed by atoms with van der Waals surface area (Å²) in [6, 6.07) is 7.31. The zero-order chi connectivity index (χ0) is 14.1. The maximum atomic E-state index is 13.4. The first-order chi connectivity index (χ1) is 9.67. The van der Waals surface area contributed by atoms with Crippen molar-refractivity contribution in [2.24, 2.45) is 0 Å². The molecule has 20 heavy (non-hydrogen) atoms. The lowest BCUT2D eigenvalue weighted by Crippen LogP contribution is -2.33. The predicted octanol–water partition coefficient (Wildman–Crippen LogP) is 3.50. The summed E-state index contributed by atoms with van der Waals surface area (Å²) in [6.45, 7) is 5.87. The number of halogens is 1. The van der Waals surface area contributed by atoms with E-state index in [1.807, 2.05) is 12.1 Å². The van der Waals surface area contributed by atoms with Gasteiger partial charge in [-0.05, 0) is 43.0 Å². The lowest BCUT2D eigenvalue weighted by molar-refractivity contribution is 0.168. The van der Waals surface area contributed by atoms with Gasteiger partial charge in [0.15, 0.2) is 5.76 Å². The van der Waals surface area contributed by atoms with E-state index in [0.29, 0.717) is 0 Å². The van der Waals surface area contributed by atoms with Gasteiger partial charge in [-0.25, -0.2) is 4.39 Å². The lowest BCUT2D eigenvalue weighted by Gasteiger charge is -2.34. The molecule has 1 atom stereocenters. The summed E-state index contributed by atoms with van der Waals surface area (Å²) in [6.07, 6.45) is 1.84. The van der Waals surface area contributed by atoms with E-state index in [1.54, 1.807) is 12.1 Å². The van der Waals surface area contributed by atoms with Gasteiger partial charge in [0.1, 0.15) is 5.82 Å². The topological polar surface area (TPSA) is 29.3 Å². The summed E-state index contributed by atoms with van der Waals surface area (Å²) in [5.41, 5.74) is 3.32. The van der Waals surface area contributed by atoms with Crippen LogP contribution in [0.25, 0.3) is 0 Å². The summed E-state index contributed by atoms with van der Waals surface area (Å²) in [4.78, 5) is 2.31. The van der Waals surface area contributed by atoms with Crippen LogP contribution >= 0.6 is 0 Å². The zero-order valence-corrected chi connectivity index (χ0v) is 11.9. The Morgan fingerprint density at radius 2 is 2.25 bits per heavy atom. The van der Waals surface area contributed by atoms with Gasteiger partial charge >= 0.3 is 0 Å². The lowest BCUT2D eigenvalue weighted by atomic mass is 9.93. The van der Waals surface area contributed by atoms with Gasteiger partial charge in [0.05, 0.1) is 12.2 Å². The fourth-order valence-corrected chi connectivity index (χ4v) is 2.85. The maximum Gasteiger partial charge on any atom is 0.150 e. The Bertz CT molecular complexity index is 608. The molecule has 0 aliphatic carbocycles. The van der Waals surface area contributed by atoms with Crippen LogP contribution in [0.5, 0.6) is 0 Å². The first-order valence-electron chi connectivity index (χ1n) is 7.14. The summed E-state index contributed by atoms with van der Waals surface area (Å²) >= 11 is 0. The standard InChI is InChI=1S/C16H19FN2O/c1-3-14-9-15(20-18-14)10-19-7-6-12-4-5-13(17)8-16(12)11(19)2/h4-5,8-9,11H,3,6-7,10H2,1-2H3/t11-/m1/s1. The van der Waals surface area contributed by atoms with Gasteiger partial charge in [0.25, 0.3) is 0 Å². The molecule has 0 fully saturated rings. The highest BCUT2D eigenvalue weighted by atomic mass is 19.1. The highest BCUT2D eigenvalue weighted by Crippen LogP contribution is 2.31. The molecule has 0 unspecified atom stereocenters. The third-order valence-electron chi connectivity index (χ3n) is 4.10. The number of benzene rings is 1. The second-order valence-corrected chi connectivity index (χ2v) is 5.38. The average Bonchev–Trinajstić information content (AvgIpc) is 2.90. The second-order valence-electron chi connectivity index (χ2n) is 5.38. The van der Waals surface area contributed by atoms with Gasteiger partial charge in [-0.15, -0.1) is 0 Å².